The van der Waals surface area contributed by atoms with Gasteiger partial charge in [-0.2, -0.15) is 0 Å². The molecule has 0 amide bonds. The summed E-state index contributed by atoms with van der Waals surface area (Å²) in [5.41, 5.74) is 0. The first-order valence-corrected chi connectivity index (χ1v) is 7.91. The number of unbranched alkanes of at least 4 members (excludes halogenated alkanes) is 5. The Labute approximate surface area is 116 Å². The van der Waals surface area contributed by atoms with Crippen molar-refractivity contribution in [2.24, 2.45) is 0 Å². The van der Waals surface area contributed by atoms with E-state index in [9.17, 15) is 0 Å². The Morgan fingerprint density at radius 2 is 1.28 bits per heavy atom. The highest BCUT2D eigenvalue weighted by atomic mass is 16.5. The molecule has 18 heavy (non-hydrogen) atoms. The minimum Gasteiger partial charge on any atom is -0.381 e. The minimum atomic E-state index is 0.611. The molecule has 0 saturated heterocycles. The van der Waals surface area contributed by atoms with Crippen LogP contribution in [0.3, 0.4) is 0 Å². The first-order chi connectivity index (χ1) is 8.83. The van der Waals surface area contributed by atoms with Crippen LogP contribution in [0.4, 0.5) is 0 Å². The van der Waals surface area contributed by atoms with Gasteiger partial charge < -0.3 is 10.1 Å². The molecule has 0 atom stereocenters. The third-order valence-corrected chi connectivity index (χ3v) is 2.70. The van der Waals surface area contributed by atoms with Crippen molar-refractivity contribution >= 4 is 0 Å². The van der Waals surface area contributed by atoms with Gasteiger partial charge in [0.25, 0.3) is 0 Å². The molecular weight excluding hydrogens is 222 g/mol. The molecule has 0 aromatic heterocycles. The number of ether oxygens (including phenoxy) is 1. The van der Waals surface area contributed by atoms with Gasteiger partial charge >= 0.3 is 0 Å². The zero-order valence-electron chi connectivity index (χ0n) is 13.1. The van der Waals surface area contributed by atoms with Crippen molar-refractivity contribution in [2.45, 2.75) is 72.1 Å². The van der Waals surface area contributed by atoms with Crippen molar-refractivity contribution in [3.05, 3.63) is 6.92 Å². The molecule has 0 heterocycles. The maximum atomic E-state index is 4.96. The van der Waals surface area contributed by atoms with Crippen LogP contribution in [0.15, 0.2) is 0 Å². The van der Waals surface area contributed by atoms with E-state index < -0.39 is 0 Å². The third-order valence-electron chi connectivity index (χ3n) is 2.70. The van der Waals surface area contributed by atoms with E-state index in [0.29, 0.717) is 6.61 Å². The average molecular weight is 258 g/mol. The molecule has 111 valence electrons. The van der Waals surface area contributed by atoms with Crippen LogP contribution < -0.4 is 5.32 Å². The monoisotopic (exact) mass is 258 g/mol. The smallest absolute Gasteiger partial charge is 0.0466 e. The number of hydrogen-bond donors (Lipinski definition) is 1. The fraction of sp³-hybridized carbons (Fsp3) is 0.938. The van der Waals surface area contributed by atoms with E-state index in [4.69, 9.17) is 4.74 Å². The summed E-state index contributed by atoms with van der Waals surface area (Å²) in [6, 6.07) is 0. The van der Waals surface area contributed by atoms with Crippen LogP contribution in [0.2, 0.25) is 0 Å². The molecule has 1 N–H and O–H groups in total. The van der Waals surface area contributed by atoms with Crippen molar-refractivity contribution in [1.82, 2.24) is 5.32 Å². The number of nitrogens with one attached hydrogen (secondary N) is 1. The lowest BCUT2D eigenvalue weighted by atomic mass is 10.2. The lowest BCUT2D eigenvalue weighted by Gasteiger charge is -2.02. The molecule has 0 fully saturated rings. The van der Waals surface area contributed by atoms with Gasteiger partial charge in [0.1, 0.15) is 0 Å². The highest BCUT2D eigenvalue weighted by Gasteiger charge is 1.87. The molecule has 2 nitrogen and oxygen atoms in total. The summed E-state index contributed by atoms with van der Waals surface area (Å²) < 4.78 is 4.96. The molecule has 0 bridgehead atoms. The Morgan fingerprint density at radius 1 is 0.778 bits per heavy atom. The van der Waals surface area contributed by atoms with Crippen LogP contribution in [0, 0.1) is 6.92 Å². The summed E-state index contributed by atoms with van der Waals surface area (Å²) in [5, 5.41) is 3.46. The lowest BCUT2D eigenvalue weighted by Crippen LogP contribution is -2.16. The molecule has 0 spiro atoms. The largest absolute Gasteiger partial charge is 0.381 e. The van der Waals surface area contributed by atoms with E-state index in [2.05, 4.69) is 33.0 Å². The Balaban J connectivity index is 0. The second kappa shape index (κ2) is 22.1. The predicted molar refractivity (Wildman–Crippen MR) is 83.0 cm³/mol. The van der Waals surface area contributed by atoms with Crippen LogP contribution in [0.5, 0.6) is 0 Å². The second-order valence-electron chi connectivity index (χ2n) is 4.63. The predicted octanol–water partition coefficient (Wildman–Crippen LogP) is 4.59. The van der Waals surface area contributed by atoms with E-state index >= 15 is 0 Å². The van der Waals surface area contributed by atoms with E-state index in [1.54, 1.807) is 0 Å². The lowest BCUT2D eigenvalue weighted by molar-refractivity contribution is 0.157. The minimum absolute atomic E-state index is 0.611. The van der Waals surface area contributed by atoms with Crippen LogP contribution >= 0.6 is 0 Å². The average Bonchev–Trinajstić information content (AvgIpc) is 2.39. The summed E-state index contributed by atoms with van der Waals surface area (Å²) in [4.78, 5) is 0. The maximum Gasteiger partial charge on any atom is 0.0466 e. The normalized spacial score (nSPS) is 10.0. The van der Waals surface area contributed by atoms with Crippen molar-refractivity contribution in [3.8, 4) is 0 Å². The summed E-state index contributed by atoms with van der Waals surface area (Å²) in [6.07, 6.45) is 10.5. The molecule has 0 aromatic rings. The van der Waals surface area contributed by atoms with Gasteiger partial charge in [0.2, 0.25) is 0 Å². The van der Waals surface area contributed by atoms with Crippen LogP contribution in [-0.2, 0) is 4.74 Å². The van der Waals surface area contributed by atoms with E-state index in [0.717, 1.165) is 13.0 Å². The van der Waals surface area contributed by atoms with Crippen molar-refractivity contribution in [1.29, 1.82) is 0 Å². The van der Waals surface area contributed by atoms with Crippen molar-refractivity contribution in [3.63, 3.8) is 0 Å². The van der Waals surface area contributed by atoms with Crippen molar-refractivity contribution < 1.29 is 4.74 Å². The SMILES string of the molecule is CCCCCNCCCCC.[CH2]COCCCC. The molecule has 1 radical (unpaired) electrons. The summed E-state index contributed by atoms with van der Waals surface area (Å²) >= 11 is 0. The molecular formula is C16H36NO. The fourth-order valence-corrected chi connectivity index (χ4v) is 1.47. The standard InChI is InChI=1S/C10H23N.C6H13O/c1-3-5-7-9-11-10-8-6-4-2;1-3-5-6-7-4-2/h11H,3-10H2,1-2H3;2-6H2,1H3. The summed E-state index contributed by atoms with van der Waals surface area (Å²) in [7, 11) is 0. The highest BCUT2D eigenvalue weighted by molar-refractivity contribution is 4.48. The topological polar surface area (TPSA) is 21.3 Å². The van der Waals surface area contributed by atoms with E-state index in [-0.39, 0.29) is 0 Å². The van der Waals surface area contributed by atoms with Crippen LogP contribution in [-0.4, -0.2) is 26.3 Å². The molecule has 0 saturated carbocycles. The zero-order valence-corrected chi connectivity index (χ0v) is 13.1. The quantitative estimate of drug-likeness (QED) is 0.517. The second-order valence-corrected chi connectivity index (χ2v) is 4.63. The van der Waals surface area contributed by atoms with Gasteiger partial charge in [-0.1, -0.05) is 52.9 Å². The van der Waals surface area contributed by atoms with E-state index in [1.165, 1.54) is 58.0 Å². The first kappa shape index (κ1) is 20.2. The molecule has 0 aliphatic carbocycles. The van der Waals surface area contributed by atoms with Gasteiger partial charge in [-0.05, 0) is 39.3 Å². The first-order valence-electron chi connectivity index (χ1n) is 7.91. The Morgan fingerprint density at radius 3 is 1.67 bits per heavy atom. The molecule has 0 rings (SSSR count). The van der Waals surface area contributed by atoms with Crippen LogP contribution in [0.25, 0.3) is 0 Å². The molecule has 0 aromatic carbocycles. The Bertz CT molecular complexity index is 106. The third kappa shape index (κ3) is 24.9. The highest BCUT2D eigenvalue weighted by Crippen LogP contribution is 1.93. The van der Waals surface area contributed by atoms with Crippen LogP contribution in [0.1, 0.15) is 72.1 Å². The summed E-state index contributed by atoms with van der Waals surface area (Å²) in [6.45, 7) is 14.1. The number of hydrogen-bond acceptors (Lipinski definition) is 2. The fourth-order valence-electron chi connectivity index (χ4n) is 1.47. The summed E-state index contributed by atoms with van der Waals surface area (Å²) in [5.74, 6) is 0. The van der Waals surface area contributed by atoms with Gasteiger partial charge in [0.15, 0.2) is 0 Å². The van der Waals surface area contributed by atoms with Crippen molar-refractivity contribution in [2.75, 3.05) is 26.3 Å². The van der Waals surface area contributed by atoms with Gasteiger partial charge in [-0.3, -0.25) is 0 Å². The van der Waals surface area contributed by atoms with Gasteiger partial charge in [0, 0.05) is 13.2 Å². The van der Waals surface area contributed by atoms with Gasteiger partial charge in [-0.25, -0.2) is 0 Å². The molecule has 0 aliphatic rings. The Kier molecular flexibility index (Phi) is 24.9. The Hall–Kier alpha value is -0.0800. The number of rotatable bonds is 12. The molecule has 0 unspecified atom stereocenters. The molecule has 2 heteroatoms. The molecule has 0 aliphatic heterocycles. The van der Waals surface area contributed by atoms with E-state index in [1.807, 2.05) is 0 Å². The van der Waals surface area contributed by atoms with Gasteiger partial charge in [-0.15, -0.1) is 0 Å². The maximum absolute atomic E-state index is 4.96. The van der Waals surface area contributed by atoms with Gasteiger partial charge in [0.05, 0.1) is 0 Å². The zero-order chi connectivity index (χ0) is 13.9.